The lowest BCUT2D eigenvalue weighted by molar-refractivity contribution is 0.481. The van der Waals surface area contributed by atoms with Crippen molar-refractivity contribution in [2.45, 2.75) is 16.7 Å². The topological polar surface area (TPSA) is 122 Å². The molecule has 0 aliphatic rings. The van der Waals surface area contributed by atoms with E-state index in [2.05, 4.69) is 4.98 Å². The van der Waals surface area contributed by atoms with Crippen molar-refractivity contribution in [3.05, 3.63) is 42.0 Å². The molecule has 0 saturated heterocycles. The molecule has 0 saturated carbocycles. The van der Waals surface area contributed by atoms with E-state index in [9.17, 15) is 16.8 Å². The van der Waals surface area contributed by atoms with Crippen LogP contribution in [0, 0.1) is 6.92 Å². The van der Waals surface area contributed by atoms with Gasteiger partial charge in [-0.05, 0) is 36.8 Å². The molecule has 7 nitrogen and oxygen atoms in total. The third-order valence-electron chi connectivity index (χ3n) is 3.58. The largest absolute Gasteiger partial charge is 0.294 e. The number of aryl methyl sites for hydroxylation is 1. The molecule has 0 aliphatic heterocycles. The van der Waals surface area contributed by atoms with Crippen molar-refractivity contribution in [2.24, 2.45) is 0 Å². The molecular weight excluding hydrogens is 342 g/mol. The summed E-state index contributed by atoms with van der Waals surface area (Å²) >= 11 is 0. The molecule has 0 spiro atoms. The van der Waals surface area contributed by atoms with Crippen molar-refractivity contribution >= 4 is 42.0 Å². The van der Waals surface area contributed by atoms with E-state index < -0.39 is 20.2 Å². The Morgan fingerprint density at radius 3 is 1.52 bits per heavy atom. The molecule has 0 fully saturated rings. The normalized spacial score (nSPS) is 12.8. The number of rotatable bonds is 2. The Kier molecular flexibility index (Phi) is 3.41. The Morgan fingerprint density at radius 2 is 1.17 bits per heavy atom. The summed E-state index contributed by atoms with van der Waals surface area (Å²) in [5, 5.41) is 1.34. The van der Waals surface area contributed by atoms with Gasteiger partial charge in [0.25, 0.3) is 20.2 Å². The van der Waals surface area contributed by atoms with Crippen molar-refractivity contribution in [1.82, 2.24) is 4.98 Å². The Balaban J connectivity index is 2.41. The molecule has 120 valence electrons. The Morgan fingerprint density at radius 1 is 0.783 bits per heavy atom. The summed E-state index contributed by atoms with van der Waals surface area (Å²) in [7, 11) is -8.74. The molecule has 1 heterocycles. The minimum atomic E-state index is -4.37. The van der Waals surface area contributed by atoms with Gasteiger partial charge in [-0.25, -0.2) is 4.98 Å². The quantitative estimate of drug-likeness (QED) is 0.535. The molecule has 0 radical (unpaired) electrons. The lowest BCUT2D eigenvalue weighted by Gasteiger charge is -2.09. The third kappa shape index (κ3) is 2.79. The smallest absolute Gasteiger partial charge is 0.282 e. The Hall–Kier alpha value is -2.07. The molecule has 0 bridgehead atoms. The number of benzene rings is 2. The number of nitrogens with zero attached hydrogens (tertiary/aromatic N) is 1. The van der Waals surface area contributed by atoms with E-state index in [1.54, 1.807) is 6.92 Å². The summed E-state index contributed by atoms with van der Waals surface area (Å²) in [6.45, 7) is 1.78. The molecule has 0 unspecified atom stereocenters. The van der Waals surface area contributed by atoms with Crippen molar-refractivity contribution in [2.75, 3.05) is 0 Å². The standard InChI is InChI=1S/C14H11NO6S2/c1-8-11-4-2-9(22(16,17)18)6-13(11)15-14-7-10(23(19,20)21)3-5-12(8)14/h2-7H,1H3,(H,16,17,18)(H,19,20,21). The predicted octanol–water partition coefficient (Wildman–Crippen LogP) is 2.19. The van der Waals surface area contributed by atoms with Crippen LogP contribution in [0.2, 0.25) is 0 Å². The van der Waals surface area contributed by atoms with Gasteiger partial charge in [-0.2, -0.15) is 16.8 Å². The van der Waals surface area contributed by atoms with Gasteiger partial charge in [-0.15, -0.1) is 0 Å². The highest BCUT2D eigenvalue weighted by Crippen LogP contribution is 2.28. The van der Waals surface area contributed by atoms with Crippen LogP contribution in [0.25, 0.3) is 21.8 Å². The lowest BCUT2D eigenvalue weighted by Crippen LogP contribution is -2.00. The molecule has 0 aliphatic carbocycles. The van der Waals surface area contributed by atoms with Gasteiger partial charge < -0.3 is 0 Å². The van der Waals surface area contributed by atoms with Gasteiger partial charge in [-0.3, -0.25) is 9.11 Å². The molecule has 9 heteroatoms. The lowest BCUT2D eigenvalue weighted by atomic mass is 10.0. The maximum atomic E-state index is 11.2. The summed E-state index contributed by atoms with van der Waals surface area (Å²) in [4.78, 5) is 3.63. The van der Waals surface area contributed by atoms with Gasteiger partial charge in [0, 0.05) is 10.8 Å². The van der Waals surface area contributed by atoms with E-state index in [0.29, 0.717) is 10.8 Å². The van der Waals surface area contributed by atoms with Crippen molar-refractivity contribution in [3.8, 4) is 0 Å². The molecule has 1 aromatic heterocycles. The van der Waals surface area contributed by atoms with E-state index >= 15 is 0 Å². The second-order valence-corrected chi connectivity index (χ2v) is 7.89. The maximum absolute atomic E-state index is 11.2. The van der Waals surface area contributed by atoms with Gasteiger partial charge in [0.15, 0.2) is 0 Å². The van der Waals surface area contributed by atoms with Crippen LogP contribution < -0.4 is 0 Å². The van der Waals surface area contributed by atoms with Gasteiger partial charge >= 0.3 is 0 Å². The average molecular weight is 353 g/mol. The van der Waals surface area contributed by atoms with Gasteiger partial charge in [0.2, 0.25) is 0 Å². The minimum Gasteiger partial charge on any atom is -0.282 e. The molecule has 23 heavy (non-hydrogen) atoms. The fraction of sp³-hybridized carbons (Fsp3) is 0.0714. The summed E-state index contributed by atoms with van der Waals surface area (Å²) in [6, 6.07) is 8.00. The zero-order valence-electron chi connectivity index (χ0n) is 11.8. The van der Waals surface area contributed by atoms with Gasteiger partial charge in [-0.1, -0.05) is 12.1 Å². The predicted molar refractivity (Wildman–Crippen MR) is 83.6 cm³/mol. The highest BCUT2D eigenvalue weighted by molar-refractivity contribution is 7.86. The monoisotopic (exact) mass is 353 g/mol. The molecule has 2 aromatic carbocycles. The first kappa shape index (κ1) is 15.8. The number of hydrogen-bond acceptors (Lipinski definition) is 5. The zero-order chi connectivity index (χ0) is 17.0. The van der Waals surface area contributed by atoms with Crippen LogP contribution in [-0.4, -0.2) is 30.9 Å². The third-order valence-corrected chi connectivity index (χ3v) is 5.28. The number of hydrogen-bond donors (Lipinski definition) is 2. The fourth-order valence-electron chi connectivity index (χ4n) is 2.44. The van der Waals surface area contributed by atoms with Crippen LogP contribution >= 0.6 is 0 Å². The van der Waals surface area contributed by atoms with Crippen molar-refractivity contribution < 1.29 is 25.9 Å². The fourth-order valence-corrected chi connectivity index (χ4v) is 3.44. The highest BCUT2D eigenvalue weighted by Gasteiger charge is 2.15. The van der Waals surface area contributed by atoms with Crippen LogP contribution in [0.5, 0.6) is 0 Å². The van der Waals surface area contributed by atoms with E-state index in [1.807, 2.05) is 0 Å². The minimum absolute atomic E-state index is 0.289. The first-order valence-electron chi connectivity index (χ1n) is 6.36. The van der Waals surface area contributed by atoms with Crippen molar-refractivity contribution in [3.63, 3.8) is 0 Å². The number of fused-ring (bicyclic) bond motifs is 2. The Bertz CT molecular complexity index is 1080. The first-order chi connectivity index (χ1) is 10.6. The summed E-state index contributed by atoms with van der Waals surface area (Å²) in [5.74, 6) is 0. The van der Waals surface area contributed by atoms with E-state index in [1.165, 1.54) is 36.4 Å². The van der Waals surface area contributed by atoms with Crippen LogP contribution in [0.15, 0.2) is 46.2 Å². The molecule has 0 amide bonds. The first-order valence-corrected chi connectivity index (χ1v) is 9.24. The van der Waals surface area contributed by atoms with Crippen LogP contribution in [0.3, 0.4) is 0 Å². The molecular formula is C14H11NO6S2. The molecule has 3 rings (SSSR count). The van der Waals surface area contributed by atoms with E-state index in [0.717, 1.165) is 5.56 Å². The molecule has 0 atom stereocenters. The average Bonchev–Trinajstić information content (AvgIpc) is 2.44. The molecule has 2 N–H and O–H groups in total. The van der Waals surface area contributed by atoms with Crippen LogP contribution in [0.1, 0.15) is 5.56 Å². The maximum Gasteiger partial charge on any atom is 0.294 e. The second-order valence-electron chi connectivity index (χ2n) is 5.04. The number of aromatic nitrogens is 1. The Labute approximate surface area is 132 Å². The van der Waals surface area contributed by atoms with E-state index in [-0.39, 0.29) is 20.8 Å². The highest BCUT2D eigenvalue weighted by atomic mass is 32.2. The SMILES string of the molecule is Cc1c2ccc(S(=O)(=O)O)cc2nc2cc(S(=O)(=O)O)ccc12. The summed E-state index contributed by atoms with van der Waals surface area (Å²) in [6.07, 6.45) is 0. The van der Waals surface area contributed by atoms with Crippen LogP contribution in [-0.2, 0) is 20.2 Å². The summed E-state index contributed by atoms with van der Waals surface area (Å²) in [5.41, 5.74) is 1.35. The van der Waals surface area contributed by atoms with Gasteiger partial charge in [0.1, 0.15) is 0 Å². The number of pyridine rings is 1. The van der Waals surface area contributed by atoms with Crippen molar-refractivity contribution in [1.29, 1.82) is 0 Å². The van der Waals surface area contributed by atoms with Crippen LogP contribution in [0.4, 0.5) is 0 Å². The van der Waals surface area contributed by atoms with Gasteiger partial charge in [0.05, 0.1) is 20.8 Å². The second kappa shape index (κ2) is 4.96. The molecule has 3 aromatic rings. The zero-order valence-corrected chi connectivity index (χ0v) is 13.4. The summed E-state index contributed by atoms with van der Waals surface area (Å²) < 4.78 is 63.1. The van der Waals surface area contributed by atoms with E-state index in [4.69, 9.17) is 9.11 Å².